The van der Waals surface area contributed by atoms with Crippen molar-refractivity contribution in [1.29, 1.82) is 0 Å². The molecule has 9 nitrogen and oxygen atoms in total. The second kappa shape index (κ2) is 11.8. The highest BCUT2D eigenvalue weighted by Crippen LogP contribution is 2.36. The van der Waals surface area contributed by atoms with Crippen molar-refractivity contribution in [2.45, 2.75) is 44.7 Å². The molecular formula is C30H31F4N7O2. The fourth-order valence-corrected chi connectivity index (χ4v) is 5.62. The number of nitrogens with one attached hydrogen (secondary N) is 1. The molecule has 2 fully saturated rings. The quantitative estimate of drug-likeness (QED) is 0.282. The lowest BCUT2D eigenvalue weighted by molar-refractivity contribution is -0.139. The third-order valence-corrected chi connectivity index (χ3v) is 7.78. The summed E-state index contributed by atoms with van der Waals surface area (Å²) in [4.78, 5) is 25.7. The van der Waals surface area contributed by atoms with E-state index in [2.05, 4.69) is 25.3 Å². The lowest BCUT2D eigenvalue weighted by atomic mass is 10.1. The summed E-state index contributed by atoms with van der Waals surface area (Å²) in [6.07, 6.45) is -3.15. The maximum Gasteiger partial charge on any atom is 0.406 e. The summed E-state index contributed by atoms with van der Waals surface area (Å²) < 4.78 is 62.1. The Kier molecular flexibility index (Phi) is 7.91. The number of alkyl halides is 4. The summed E-state index contributed by atoms with van der Waals surface area (Å²) in [5, 5.41) is 7.08. The van der Waals surface area contributed by atoms with Gasteiger partial charge in [0.05, 0.1) is 29.2 Å². The highest BCUT2D eigenvalue weighted by molar-refractivity contribution is 5.99. The molecule has 0 bridgehead atoms. The predicted octanol–water partition coefficient (Wildman–Crippen LogP) is 5.53. The molecule has 6 rings (SSSR count). The lowest BCUT2D eigenvalue weighted by Crippen LogP contribution is -2.39. The Morgan fingerprint density at radius 3 is 2.67 bits per heavy atom. The van der Waals surface area contributed by atoms with Gasteiger partial charge in [-0.25, -0.2) is 4.39 Å². The van der Waals surface area contributed by atoms with Crippen LogP contribution in [0.3, 0.4) is 0 Å². The molecule has 0 aliphatic carbocycles. The number of carbonyl (C=O) groups is 1. The molecule has 0 unspecified atom stereocenters. The molecule has 0 saturated carbocycles. The maximum atomic E-state index is 14.7. The smallest absolute Gasteiger partial charge is 0.372 e. The first-order valence-electron chi connectivity index (χ1n) is 14.2. The first kappa shape index (κ1) is 28.8. The molecule has 0 radical (unpaired) electrons. The standard InChI is InChI=1S/C30H31F4N7O2/c1-39-13-10-24(22(31)17-39)36-23-8-5-9-25-21(23)15-26(41(25)18-30(32,33)34)28-37-27(43-38-28)16-35-29(42)19-6-4-7-20(14-19)40-11-2-3-12-40/h4-9,14-15,22H,2-3,10-13,16-18H2,1H3,(H,35,42)/t22-/m0/s1. The Bertz CT molecular complexity index is 1660. The van der Waals surface area contributed by atoms with Crippen molar-refractivity contribution in [3.8, 4) is 11.5 Å². The van der Waals surface area contributed by atoms with Crippen LogP contribution in [0.4, 0.5) is 28.9 Å². The first-order valence-corrected chi connectivity index (χ1v) is 14.2. The molecule has 43 heavy (non-hydrogen) atoms. The molecule has 2 aliphatic rings. The number of nitrogens with zero attached hydrogens (tertiary/aromatic N) is 6. The SMILES string of the molecule is CN1CCC(=Nc2cccc3c2cc(-c2noc(CNC(=O)c4cccc(N5CCCC5)c4)n2)n3CC(F)(F)F)[C@@H](F)C1. The van der Waals surface area contributed by atoms with Crippen molar-refractivity contribution in [2.24, 2.45) is 4.99 Å². The molecule has 2 saturated heterocycles. The molecule has 2 aromatic carbocycles. The Hall–Kier alpha value is -4.26. The molecule has 4 heterocycles. The van der Waals surface area contributed by atoms with E-state index in [4.69, 9.17) is 4.52 Å². The van der Waals surface area contributed by atoms with Crippen LogP contribution in [-0.2, 0) is 13.1 Å². The van der Waals surface area contributed by atoms with Crippen molar-refractivity contribution in [3.05, 3.63) is 60.0 Å². The van der Waals surface area contributed by atoms with E-state index in [9.17, 15) is 22.4 Å². The second-order valence-electron chi connectivity index (χ2n) is 11.0. The zero-order valence-electron chi connectivity index (χ0n) is 23.6. The van der Waals surface area contributed by atoms with E-state index in [-0.39, 0.29) is 41.9 Å². The van der Waals surface area contributed by atoms with Gasteiger partial charge >= 0.3 is 6.18 Å². The number of amides is 1. The Balaban J connectivity index is 1.26. The van der Waals surface area contributed by atoms with E-state index >= 15 is 0 Å². The third kappa shape index (κ3) is 6.41. The summed E-state index contributed by atoms with van der Waals surface area (Å²) in [6.45, 7) is 1.34. The number of hydrogen-bond donors (Lipinski definition) is 1. The molecule has 0 spiro atoms. The van der Waals surface area contributed by atoms with Gasteiger partial charge in [-0.1, -0.05) is 17.3 Å². The zero-order chi connectivity index (χ0) is 30.1. The number of hydrogen-bond acceptors (Lipinski definition) is 7. The first-order chi connectivity index (χ1) is 20.6. The minimum Gasteiger partial charge on any atom is -0.372 e. The number of fused-ring (bicyclic) bond motifs is 1. The number of carbonyl (C=O) groups excluding carboxylic acids is 1. The molecule has 13 heteroatoms. The number of rotatable bonds is 7. The Labute approximate surface area is 245 Å². The molecule has 2 aliphatic heterocycles. The number of benzene rings is 2. The minimum atomic E-state index is -4.54. The molecule has 1 N–H and O–H groups in total. The summed E-state index contributed by atoms with van der Waals surface area (Å²) in [7, 11) is 1.82. The zero-order valence-corrected chi connectivity index (χ0v) is 23.6. The van der Waals surface area contributed by atoms with Gasteiger partial charge in [-0.3, -0.25) is 9.79 Å². The average Bonchev–Trinajstić information content (AvgIpc) is 3.74. The van der Waals surface area contributed by atoms with E-state index in [0.717, 1.165) is 36.2 Å². The maximum absolute atomic E-state index is 14.7. The molecule has 1 atom stereocenters. The summed E-state index contributed by atoms with van der Waals surface area (Å²) in [5.74, 6) is -0.368. The lowest BCUT2D eigenvalue weighted by Gasteiger charge is -2.26. The monoisotopic (exact) mass is 597 g/mol. The highest BCUT2D eigenvalue weighted by atomic mass is 19.4. The number of anilines is 1. The molecule has 1 amide bonds. The van der Waals surface area contributed by atoms with Gasteiger partial charge in [0.2, 0.25) is 11.7 Å². The van der Waals surface area contributed by atoms with Crippen LogP contribution in [0.2, 0.25) is 0 Å². The van der Waals surface area contributed by atoms with Crippen LogP contribution in [0.15, 0.2) is 58.0 Å². The highest BCUT2D eigenvalue weighted by Gasteiger charge is 2.31. The number of likely N-dealkylation sites (tertiary alicyclic amines) is 1. The van der Waals surface area contributed by atoms with Crippen LogP contribution in [0.1, 0.15) is 35.5 Å². The summed E-state index contributed by atoms with van der Waals surface area (Å²) >= 11 is 0. The van der Waals surface area contributed by atoms with E-state index in [1.165, 1.54) is 6.07 Å². The number of aromatic nitrogens is 3. The molecule has 4 aromatic rings. The van der Waals surface area contributed by atoms with E-state index in [1.807, 2.05) is 30.1 Å². The van der Waals surface area contributed by atoms with Gasteiger partial charge in [0.15, 0.2) is 6.17 Å². The number of aliphatic imine (C=N–C) groups is 1. The third-order valence-electron chi connectivity index (χ3n) is 7.78. The van der Waals surface area contributed by atoms with Gasteiger partial charge in [-0.2, -0.15) is 18.2 Å². The largest absolute Gasteiger partial charge is 0.406 e. The molecule has 226 valence electrons. The van der Waals surface area contributed by atoms with Gasteiger partial charge in [0.1, 0.15) is 6.54 Å². The van der Waals surface area contributed by atoms with Gasteiger partial charge in [0, 0.05) is 49.2 Å². The van der Waals surface area contributed by atoms with E-state index in [1.54, 1.807) is 24.3 Å². The van der Waals surface area contributed by atoms with Crippen molar-refractivity contribution in [1.82, 2.24) is 24.9 Å². The number of halogens is 4. The minimum absolute atomic E-state index is 0.0370. The average molecular weight is 598 g/mol. The van der Waals surface area contributed by atoms with Gasteiger partial charge < -0.3 is 24.2 Å². The number of piperidine rings is 1. The normalized spacial score (nSPS) is 19.0. The molecule has 2 aromatic heterocycles. The van der Waals surface area contributed by atoms with Crippen LogP contribution in [0.5, 0.6) is 0 Å². The van der Waals surface area contributed by atoms with Crippen molar-refractivity contribution in [3.63, 3.8) is 0 Å². The fraction of sp³-hybridized carbons (Fsp3) is 0.400. The van der Waals surface area contributed by atoms with Gasteiger partial charge in [0.25, 0.3) is 5.91 Å². The fourth-order valence-electron chi connectivity index (χ4n) is 5.62. The second-order valence-corrected chi connectivity index (χ2v) is 11.0. The van der Waals surface area contributed by atoms with Crippen molar-refractivity contribution < 1.29 is 26.9 Å². The van der Waals surface area contributed by atoms with Gasteiger partial charge in [-0.05, 0) is 56.3 Å². The Morgan fingerprint density at radius 1 is 1.12 bits per heavy atom. The van der Waals surface area contributed by atoms with Crippen LogP contribution >= 0.6 is 0 Å². The Morgan fingerprint density at radius 2 is 1.91 bits per heavy atom. The van der Waals surface area contributed by atoms with Crippen molar-refractivity contribution >= 4 is 33.9 Å². The topological polar surface area (TPSA) is 91.8 Å². The van der Waals surface area contributed by atoms with Crippen LogP contribution in [-0.4, -0.2) is 76.8 Å². The van der Waals surface area contributed by atoms with Crippen LogP contribution in [0, 0.1) is 0 Å². The van der Waals surface area contributed by atoms with Gasteiger partial charge in [-0.15, -0.1) is 0 Å². The van der Waals surface area contributed by atoms with Crippen LogP contribution < -0.4 is 10.2 Å². The predicted molar refractivity (Wildman–Crippen MR) is 154 cm³/mol. The van der Waals surface area contributed by atoms with Crippen molar-refractivity contribution in [2.75, 3.05) is 38.1 Å². The van der Waals surface area contributed by atoms with E-state index < -0.39 is 18.9 Å². The summed E-state index contributed by atoms with van der Waals surface area (Å²) in [5.41, 5.74) is 2.51. The molecular weight excluding hydrogens is 566 g/mol. The summed E-state index contributed by atoms with van der Waals surface area (Å²) in [6, 6.07) is 13.6. The van der Waals surface area contributed by atoms with Crippen LogP contribution in [0.25, 0.3) is 22.4 Å². The van der Waals surface area contributed by atoms with E-state index in [0.29, 0.717) is 35.3 Å².